The molecule has 0 aromatic carbocycles. The van der Waals surface area contributed by atoms with Gasteiger partial charge in [0, 0.05) is 31.8 Å². The lowest BCUT2D eigenvalue weighted by atomic mass is 10.0. The number of carbonyl (C=O) groups is 1. The van der Waals surface area contributed by atoms with E-state index in [1.54, 1.807) is 0 Å². The Morgan fingerprint density at radius 2 is 2.18 bits per heavy atom. The number of likely N-dealkylation sites (tertiary alicyclic amines) is 1. The molecule has 2 heterocycles. The molecule has 2 fully saturated rings. The van der Waals surface area contributed by atoms with Crippen molar-refractivity contribution in [2.24, 2.45) is 5.92 Å². The fraction of sp³-hybridized carbons (Fsp3) is 0.941. The molecule has 2 saturated heterocycles. The highest BCUT2D eigenvalue weighted by atomic mass is 16.6. The van der Waals surface area contributed by atoms with Gasteiger partial charge in [-0.2, -0.15) is 0 Å². The number of amides is 1. The summed E-state index contributed by atoms with van der Waals surface area (Å²) in [5.41, 5.74) is -0.420. The zero-order chi connectivity index (χ0) is 16.2. The highest BCUT2D eigenvalue weighted by Gasteiger charge is 2.32. The van der Waals surface area contributed by atoms with Gasteiger partial charge in [-0.15, -0.1) is 0 Å². The van der Waals surface area contributed by atoms with Crippen molar-refractivity contribution in [3.63, 3.8) is 0 Å². The molecular formula is C17H32N2O3. The van der Waals surface area contributed by atoms with Crippen LogP contribution in [0.3, 0.4) is 0 Å². The quantitative estimate of drug-likeness (QED) is 0.848. The van der Waals surface area contributed by atoms with E-state index in [0.29, 0.717) is 18.0 Å². The van der Waals surface area contributed by atoms with Crippen molar-refractivity contribution in [2.45, 2.75) is 71.1 Å². The fourth-order valence-electron chi connectivity index (χ4n) is 3.25. The summed E-state index contributed by atoms with van der Waals surface area (Å²) in [5.74, 6) is 0.646. The van der Waals surface area contributed by atoms with Crippen LogP contribution in [-0.2, 0) is 9.47 Å². The summed E-state index contributed by atoms with van der Waals surface area (Å²) in [6.07, 6.45) is 4.15. The molecule has 5 heteroatoms. The number of nitrogens with zero attached hydrogens (tertiary/aromatic N) is 1. The second kappa shape index (κ2) is 7.64. The highest BCUT2D eigenvalue weighted by molar-refractivity contribution is 5.68. The molecule has 0 saturated carbocycles. The van der Waals surface area contributed by atoms with Crippen molar-refractivity contribution in [3.8, 4) is 0 Å². The van der Waals surface area contributed by atoms with Gasteiger partial charge in [0.15, 0.2) is 0 Å². The molecule has 0 bridgehead atoms. The molecule has 3 atom stereocenters. The molecule has 0 aromatic heterocycles. The van der Waals surface area contributed by atoms with Crippen molar-refractivity contribution >= 4 is 6.09 Å². The predicted molar refractivity (Wildman–Crippen MR) is 87.0 cm³/mol. The van der Waals surface area contributed by atoms with E-state index in [2.05, 4.69) is 12.2 Å². The summed E-state index contributed by atoms with van der Waals surface area (Å²) >= 11 is 0. The normalized spacial score (nSPS) is 27.2. The smallest absolute Gasteiger partial charge is 0.410 e. The van der Waals surface area contributed by atoms with Crippen LogP contribution in [-0.4, -0.2) is 55.0 Å². The van der Waals surface area contributed by atoms with Crippen molar-refractivity contribution < 1.29 is 14.3 Å². The molecule has 0 spiro atoms. The third-order valence-corrected chi connectivity index (χ3v) is 4.41. The highest BCUT2D eigenvalue weighted by Crippen LogP contribution is 2.24. The van der Waals surface area contributed by atoms with Crippen LogP contribution in [0, 0.1) is 5.92 Å². The van der Waals surface area contributed by atoms with Crippen LogP contribution in [0.25, 0.3) is 0 Å². The number of carbonyl (C=O) groups excluding carboxylic acids is 1. The number of hydrogen-bond donors (Lipinski definition) is 1. The van der Waals surface area contributed by atoms with Gasteiger partial charge in [-0.25, -0.2) is 4.79 Å². The molecule has 2 aliphatic heterocycles. The van der Waals surface area contributed by atoms with E-state index in [0.717, 1.165) is 52.0 Å². The van der Waals surface area contributed by atoms with Gasteiger partial charge >= 0.3 is 6.09 Å². The third kappa shape index (κ3) is 5.43. The Morgan fingerprint density at radius 1 is 1.41 bits per heavy atom. The molecular weight excluding hydrogens is 280 g/mol. The third-order valence-electron chi connectivity index (χ3n) is 4.41. The van der Waals surface area contributed by atoms with Gasteiger partial charge in [-0.3, -0.25) is 0 Å². The van der Waals surface area contributed by atoms with Crippen molar-refractivity contribution in [1.29, 1.82) is 0 Å². The number of ether oxygens (including phenoxy) is 2. The molecule has 2 rings (SSSR count). The zero-order valence-electron chi connectivity index (χ0n) is 14.6. The minimum absolute atomic E-state index is 0.161. The van der Waals surface area contributed by atoms with Gasteiger partial charge in [0.25, 0.3) is 0 Å². The first kappa shape index (κ1) is 17.5. The Balaban J connectivity index is 1.76. The maximum Gasteiger partial charge on any atom is 0.410 e. The fourth-order valence-corrected chi connectivity index (χ4v) is 3.25. The first-order chi connectivity index (χ1) is 10.3. The zero-order valence-corrected chi connectivity index (χ0v) is 14.6. The summed E-state index contributed by atoms with van der Waals surface area (Å²) < 4.78 is 10.9. The molecule has 5 nitrogen and oxygen atoms in total. The van der Waals surface area contributed by atoms with Crippen LogP contribution < -0.4 is 5.32 Å². The summed E-state index contributed by atoms with van der Waals surface area (Å²) in [4.78, 5) is 14.2. The first-order valence-corrected chi connectivity index (χ1v) is 8.66. The lowest BCUT2D eigenvalue weighted by molar-refractivity contribution is 0.0214. The monoisotopic (exact) mass is 312 g/mol. The SMILES string of the molecule is CC(CC1CCCN1C(=O)OC(C)(C)C)NCC1CCOC1. The van der Waals surface area contributed by atoms with E-state index in [1.807, 2.05) is 25.7 Å². The Bertz CT molecular complexity index is 361. The van der Waals surface area contributed by atoms with Crippen LogP contribution in [0.1, 0.15) is 53.4 Å². The molecule has 1 N–H and O–H groups in total. The summed E-state index contributed by atoms with van der Waals surface area (Å²) in [7, 11) is 0. The van der Waals surface area contributed by atoms with Gasteiger partial charge in [-0.1, -0.05) is 0 Å². The van der Waals surface area contributed by atoms with Crippen molar-refractivity contribution in [3.05, 3.63) is 0 Å². The minimum atomic E-state index is -0.420. The average molecular weight is 312 g/mol. The maximum atomic E-state index is 12.3. The topological polar surface area (TPSA) is 50.8 Å². The minimum Gasteiger partial charge on any atom is -0.444 e. The maximum absolute atomic E-state index is 12.3. The molecule has 0 radical (unpaired) electrons. The number of rotatable bonds is 5. The largest absolute Gasteiger partial charge is 0.444 e. The van der Waals surface area contributed by atoms with Crippen LogP contribution in [0.15, 0.2) is 0 Å². The molecule has 0 aromatic rings. The summed E-state index contributed by atoms with van der Waals surface area (Å²) in [6.45, 7) is 11.6. The standard InChI is InChI=1S/C17H32N2O3/c1-13(18-11-14-7-9-21-12-14)10-15-6-5-8-19(15)16(20)22-17(2,3)4/h13-15,18H,5-12H2,1-4H3. The average Bonchev–Trinajstić information content (AvgIpc) is 3.05. The Labute approximate surface area is 134 Å². The van der Waals surface area contributed by atoms with Gasteiger partial charge in [0.05, 0.1) is 6.61 Å². The molecule has 2 aliphatic rings. The lowest BCUT2D eigenvalue weighted by Gasteiger charge is -2.30. The van der Waals surface area contributed by atoms with Crippen molar-refractivity contribution in [2.75, 3.05) is 26.3 Å². The summed E-state index contributed by atoms with van der Waals surface area (Å²) in [6, 6.07) is 0.714. The van der Waals surface area contributed by atoms with E-state index < -0.39 is 5.60 Å². The Hall–Kier alpha value is -0.810. The molecule has 3 unspecified atom stereocenters. The van der Waals surface area contributed by atoms with Gasteiger partial charge in [0.1, 0.15) is 5.60 Å². The van der Waals surface area contributed by atoms with E-state index in [4.69, 9.17) is 9.47 Å². The lowest BCUT2D eigenvalue weighted by Crippen LogP contribution is -2.43. The van der Waals surface area contributed by atoms with E-state index in [1.165, 1.54) is 0 Å². The van der Waals surface area contributed by atoms with Gasteiger partial charge in [0.2, 0.25) is 0 Å². The Kier molecular flexibility index (Phi) is 6.09. The molecule has 0 aliphatic carbocycles. The van der Waals surface area contributed by atoms with Crippen LogP contribution in [0.5, 0.6) is 0 Å². The van der Waals surface area contributed by atoms with E-state index in [9.17, 15) is 4.79 Å². The van der Waals surface area contributed by atoms with Crippen LogP contribution in [0.4, 0.5) is 4.79 Å². The molecule has 128 valence electrons. The van der Waals surface area contributed by atoms with Crippen molar-refractivity contribution in [1.82, 2.24) is 10.2 Å². The number of nitrogens with one attached hydrogen (secondary N) is 1. The van der Waals surface area contributed by atoms with E-state index in [-0.39, 0.29) is 6.09 Å². The van der Waals surface area contributed by atoms with Gasteiger partial charge < -0.3 is 19.7 Å². The molecule has 1 amide bonds. The second-order valence-corrected chi connectivity index (χ2v) is 7.74. The second-order valence-electron chi connectivity index (χ2n) is 7.74. The van der Waals surface area contributed by atoms with Crippen LogP contribution >= 0.6 is 0 Å². The van der Waals surface area contributed by atoms with E-state index >= 15 is 0 Å². The Morgan fingerprint density at radius 3 is 2.82 bits per heavy atom. The predicted octanol–water partition coefficient (Wildman–Crippen LogP) is 2.79. The molecule has 22 heavy (non-hydrogen) atoms. The number of hydrogen-bond acceptors (Lipinski definition) is 4. The van der Waals surface area contributed by atoms with Gasteiger partial charge in [-0.05, 0) is 59.3 Å². The van der Waals surface area contributed by atoms with Crippen LogP contribution in [0.2, 0.25) is 0 Å². The first-order valence-electron chi connectivity index (χ1n) is 8.66. The summed E-state index contributed by atoms with van der Waals surface area (Å²) in [5, 5.41) is 3.60.